The molecule has 0 saturated heterocycles. The predicted molar refractivity (Wildman–Crippen MR) is 155 cm³/mol. The van der Waals surface area contributed by atoms with E-state index in [0.29, 0.717) is 12.3 Å². The molecule has 0 aliphatic heterocycles. The van der Waals surface area contributed by atoms with Gasteiger partial charge in [0.2, 0.25) is 0 Å². The molecule has 0 aromatic heterocycles. The second-order valence-electron chi connectivity index (χ2n) is 9.30. The Balaban J connectivity index is 1.53. The van der Waals surface area contributed by atoms with Crippen LogP contribution in [0.15, 0.2) is 97.2 Å². The van der Waals surface area contributed by atoms with Crippen LogP contribution in [0.4, 0.5) is 0 Å². The summed E-state index contributed by atoms with van der Waals surface area (Å²) in [6, 6.07) is 8.08. The highest BCUT2D eigenvalue weighted by atomic mass is 16.5. The van der Waals surface area contributed by atoms with Crippen molar-refractivity contribution >= 4 is 5.97 Å². The highest BCUT2D eigenvalue weighted by Crippen LogP contribution is 2.37. The van der Waals surface area contributed by atoms with Crippen molar-refractivity contribution < 1.29 is 9.53 Å². The normalized spacial score (nSPS) is 15.6. The maximum absolute atomic E-state index is 12.3. The van der Waals surface area contributed by atoms with E-state index >= 15 is 0 Å². The van der Waals surface area contributed by atoms with Gasteiger partial charge in [-0.15, -0.1) is 0 Å². The second kappa shape index (κ2) is 20.3. The molecular formula is C34H46O2. The smallest absolute Gasteiger partial charge is 0.311 e. The SMILES string of the molecule is CC/C=C\C/C=C\C/C=C\C/C=C\C/C=C\C/C=C\CCC(=O)Oc1ccccc1C1CCCCC1. The molecule has 1 aromatic rings. The zero-order valence-electron chi connectivity index (χ0n) is 22.3. The standard InChI is InChI=1S/C34H46O2/c1-2-3-4-5-6-7-8-9-10-11-12-13-14-15-16-17-18-19-23-30-34(35)36-33-29-25-24-28-32(33)31-26-21-20-22-27-31/h3-4,6-7,9-10,12-13,15-16,18-19,24-25,28-29,31H,2,5,8,11,14,17,20-23,26-27,30H2,1H3/b4-3-,7-6-,10-9-,13-12-,16-15-,19-18-. The van der Waals surface area contributed by atoms with Crippen LogP contribution in [0.1, 0.15) is 102 Å². The molecule has 0 atom stereocenters. The fraction of sp³-hybridized carbons (Fsp3) is 0.441. The van der Waals surface area contributed by atoms with Gasteiger partial charge in [0.25, 0.3) is 0 Å². The highest BCUT2D eigenvalue weighted by molar-refractivity contribution is 5.73. The second-order valence-corrected chi connectivity index (χ2v) is 9.30. The van der Waals surface area contributed by atoms with Crippen molar-refractivity contribution in [1.29, 1.82) is 0 Å². The van der Waals surface area contributed by atoms with Gasteiger partial charge in [0.15, 0.2) is 0 Å². The molecule has 0 spiro atoms. The number of para-hydroxylation sites is 1. The quantitative estimate of drug-likeness (QED) is 0.132. The summed E-state index contributed by atoms with van der Waals surface area (Å²) in [6.07, 6.45) is 39.7. The van der Waals surface area contributed by atoms with Gasteiger partial charge in [-0.05, 0) is 75.3 Å². The monoisotopic (exact) mass is 486 g/mol. The number of ether oxygens (including phenoxy) is 1. The third-order valence-electron chi connectivity index (χ3n) is 6.30. The maximum Gasteiger partial charge on any atom is 0.311 e. The Labute approximate surface area is 220 Å². The van der Waals surface area contributed by atoms with Gasteiger partial charge in [-0.3, -0.25) is 4.79 Å². The summed E-state index contributed by atoms with van der Waals surface area (Å²) in [5.41, 5.74) is 1.21. The molecule has 1 aromatic carbocycles. The van der Waals surface area contributed by atoms with Crippen molar-refractivity contribution in [2.24, 2.45) is 0 Å². The van der Waals surface area contributed by atoms with Crippen molar-refractivity contribution in [3.05, 3.63) is 103 Å². The minimum absolute atomic E-state index is 0.141. The van der Waals surface area contributed by atoms with Gasteiger partial charge in [0.05, 0.1) is 0 Å². The topological polar surface area (TPSA) is 26.3 Å². The number of allylic oxidation sites excluding steroid dienone is 12. The number of benzene rings is 1. The Morgan fingerprint density at radius 3 is 1.78 bits per heavy atom. The third-order valence-corrected chi connectivity index (χ3v) is 6.30. The lowest BCUT2D eigenvalue weighted by molar-refractivity contribution is -0.134. The average Bonchev–Trinajstić information content (AvgIpc) is 2.91. The Hall–Kier alpha value is -2.87. The number of hydrogen-bond acceptors (Lipinski definition) is 2. The summed E-state index contributed by atoms with van der Waals surface area (Å²) in [4.78, 5) is 12.3. The number of rotatable bonds is 16. The molecule has 194 valence electrons. The summed E-state index contributed by atoms with van der Waals surface area (Å²) in [5, 5.41) is 0. The fourth-order valence-corrected chi connectivity index (χ4v) is 4.34. The largest absolute Gasteiger partial charge is 0.426 e. The summed E-state index contributed by atoms with van der Waals surface area (Å²) >= 11 is 0. The molecule has 0 amide bonds. The molecule has 0 unspecified atom stereocenters. The van der Waals surface area contributed by atoms with Crippen molar-refractivity contribution in [1.82, 2.24) is 0 Å². The zero-order valence-corrected chi connectivity index (χ0v) is 22.3. The van der Waals surface area contributed by atoms with Crippen molar-refractivity contribution in [3.63, 3.8) is 0 Å². The molecule has 0 N–H and O–H groups in total. The number of carbonyl (C=O) groups is 1. The molecule has 1 aliphatic carbocycles. The van der Waals surface area contributed by atoms with Crippen molar-refractivity contribution in [2.75, 3.05) is 0 Å². The fourth-order valence-electron chi connectivity index (χ4n) is 4.34. The van der Waals surface area contributed by atoms with Gasteiger partial charge in [-0.1, -0.05) is 117 Å². The summed E-state index contributed by atoms with van der Waals surface area (Å²) in [7, 11) is 0. The Kier molecular flexibility index (Phi) is 16.6. The number of hydrogen-bond donors (Lipinski definition) is 0. The molecule has 0 heterocycles. The molecule has 2 heteroatoms. The molecule has 0 bridgehead atoms. The Morgan fingerprint density at radius 1 is 0.722 bits per heavy atom. The third kappa shape index (κ3) is 13.9. The van der Waals surface area contributed by atoms with Gasteiger partial charge in [0.1, 0.15) is 5.75 Å². The van der Waals surface area contributed by atoms with Crippen LogP contribution in [0.25, 0.3) is 0 Å². The van der Waals surface area contributed by atoms with Gasteiger partial charge < -0.3 is 4.74 Å². The van der Waals surface area contributed by atoms with Crippen LogP contribution >= 0.6 is 0 Å². The molecule has 2 nitrogen and oxygen atoms in total. The van der Waals surface area contributed by atoms with Crippen LogP contribution in [0.3, 0.4) is 0 Å². The van der Waals surface area contributed by atoms with Crippen molar-refractivity contribution in [2.45, 2.75) is 96.3 Å². The summed E-state index contributed by atoms with van der Waals surface area (Å²) < 4.78 is 5.73. The predicted octanol–water partition coefficient (Wildman–Crippen LogP) is 10.1. The van der Waals surface area contributed by atoms with Gasteiger partial charge in [0, 0.05) is 6.42 Å². The van der Waals surface area contributed by atoms with Gasteiger partial charge in [-0.25, -0.2) is 0 Å². The minimum Gasteiger partial charge on any atom is -0.426 e. The van der Waals surface area contributed by atoms with Gasteiger partial charge >= 0.3 is 5.97 Å². The molecule has 2 rings (SSSR count). The lowest BCUT2D eigenvalue weighted by atomic mass is 9.84. The lowest BCUT2D eigenvalue weighted by Crippen LogP contribution is -2.11. The van der Waals surface area contributed by atoms with E-state index in [1.54, 1.807) is 0 Å². The van der Waals surface area contributed by atoms with Crippen LogP contribution < -0.4 is 4.74 Å². The maximum atomic E-state index is 12.3. The molecule has 36 heavy (non-hydrogen) atoms. The zero-order chi connectivity index (χ0) is 25.5. The summed E-state index contributed by atoms with van der Waals surface area (Å²) in [5.74, 6) is 1.15. The Morgan fingerprint density at radius 2 is 1.22 bits per heavy atom. The van der Waals surface area contributed by atoms with E-state index in [2.05, 4.69) is 92.0 Å². The molecule has 1 fully saturated rings. The van der Waals surface area contributed by atoms with Crippen molar-refractivity contribution in [3.8, 4) is 5.75 Å². The number of esters is 1. The van der Waals surface area contributed by atoms with Gasteiger partial charge in [-0.2, -0.15) is 0 Å². The van der Waals surface area contributed by atoms with E-state index in [1.807, 2.05) is 12.1 Å². The van der Waals surface area contributed by atoms with Crippen LogP contribution in [0.5, 0.6) is 5.75 Å². The average molecular weight is 487 g/mol. The number of carbonyl (C=O) groups excluding carboxylic acids is 1. The first-order valence-electron chi connectivity index (χ1n) is 14.0. The van der Waals surface area contributed by atoms with Crippen LogP contribution in [0.2, 0.25) is 0 Å². The first-order valence-corrected chi connectivity index (χ1v) is 14.0. The van der Waals surface area contributed by atoms with Crippen LogP contribution in [-0.2, 0) is 4.79 Å². The van der Waals surface area contributed by atoms with E-state index in [4.69, 9.17) is 4.74 Å². The van der Waals surface area contributed by atoms with E-state index in [-0.39, 0.29) is 5.97 Å². The molecule has 1 aliphatic rings. The summed E-state index contributed by atoms with van der Waals surface area (Å²) in [6.45, 7) is 2.16. The molecule has 1 saturated carbocycles. The van der Waals surface area contributed by atoms with Crippen LogP contribution in [-0.4, -0.2) is 5.97 Å². The molecular weight excluding hydrogens is 440 g/mol. The minimum atomic E-state index is -0.141. The highest BCUT2D eigenvalue weighted by Gasteiger charge is 2.19. The van der Waals surface area contributed by atoms with E-state index in [9.17, 15) is 4.79 Å². The van der Waals surface area contributed by atoms with E-state index in [0.717, 1.165) is 50.7 Å². The molecule has 0 radical (unpaired) electrons. The Bertz CT molecular complexity index is 892. The lowest BCUT2D eigenvalue weighted by Gasteiger charge is -2.23. The van der Waals surface area contributed by atoms with E-state index in [1.165, 1.54) is 37.7 Å². The first kappa shape index (κ1) is 29.4. The first-order chi connectivity index (χ1) is 17.8. The van der Waals surface area contributed by atoms with E-state index < -0.39 is 0 Å². The van der Waals surface area contributed by atoms with Crippen LogP contribution in [0, 0.1) is 0 Å².